The average Bonchev–Trinajstić information content (AvgIpc) is 2.47. The van der Waals surface area contributed by atoms with E-state index in [0.717, 1.165) is 10.9 Å². The van der Waals surface area contributed by atoms with Crippen LogP contribution >= 0.6 is 0 Å². The molecule has 1 N–H and O–H groups in total. The first-order valence-corrected chi connectivity index (χ1v) is 6.59. The Morgan fingerprint density at radius 3 is 2.41 bits per heavy atom. The summed E-state index contributed by atoms with van der Waals surface area (Å²) in [5, 5.41) is 9.69. The molecule has 3 rings (SSSR count). The summed E-state index contributed by atoms with van der Waals surface area (Å²) in [5.41, 5.74) is 1.06. The Bertz CT molecular complexity index is 906. The smallest absolute Gasteiger partial charge is 0.336 e. The number of carboxylic acids is 1. The van der Waals surface area contributed by atoms with Crippen molar-refractivity contribution in [3.05, 3.63) is 70.1 Å². The van der Waals surface area contributed by atoms with Gasteiger partial charge in [-0.25, -0.2) is 9.59 Å². The number of aromatic carboxylic acids is 1. The van der Waals surface area contributed by atoms with Gasteiger partial charge in [0.15, 0.2) is 0 Å². The molecule has 0 aliphatic rings. The van der Waals surface area contributed by atoms with Crippen molar-refractivity contribution in [2.24, 2.45) is 0 Å². The number of ether oxygens (including phenoxy) is 1. The number of carboxylic acid groups (broad SMARTS) is 1. The maximum absolute atomic E-state index is 11.4. The summed E-state index contributed by atoms with van der Waals surface area (Å²) in [4.78, 5) is 22.2. The van der Waals surface area contributed by atoms with Gasteiger partial charge in [0.05, 0.1) is 5.56 Å². The van der Waals surface area contributed by atoms with Crippen LogP contribution in [0, 0.1) is 6.92 Å². The van der Waals surface area contributed by atoms with Gasteiger partial charge in [-0.1, -0.05) is 0 Å². The minimum atomic E-state index is -0.991. The lowest BCUT2D eigenvalue weighted by molar-refractivity contribution is 0.0697. The number of carbonyl (C=O) groups is 1. The van der Waals surface area contributed by atoms with E-state index in [1.807, 2.05) is 13.0 Å². The molecule has 1 aromatic heterocycles. The number of benzene rings is 2. The van der Waals surface area contributed by atoms with Gasteiger partial charge in [0.25, 0.3) is 0 Å². The van der Waals surface area contributed by atoms with Gasteiger partial charge in [0.2, 0.25) is 0 Å². The molecule has 0 saturated carbocycles. The molecule has 1 heterocycles. The minimum Gasteiger partial charge on any atom is -0.478 e. The lowest BCUT2D eigenvalue weighted by atomic mass is 10.1. The van der Waals surface area contributed by atoms with Gasteiger partial charge in [-0.2, -0.15) is 0 Å². The monoisotopic (exact) mass is 296 g/mol. The van der Waals surface area contributed by atoms with Crippen LogP contribution in [0.2, 0.25) is 0 Å². The summed E-state index contributed by atoms with van der Waals surface area (Å²) in [6.45, 7) is 1.84. The van der Waals surface area contributed by atoms with Gasteiger partial charge in [-0.15, -0.1) is 0 Å². The van der Waals surface area contributed by atoms with Crippen LogP contribution in [-0.4, -0.2) is 11.1 Å². The molecular weight excluding hydrogens is 284 g/mol. The summed E-state index contributed by atoms with van der Waals surface area (Å²) >= 11 is 0. The van der Waals surface area contributed by atoms with Crippen LogP contribution in [0.5, 0.6) is 11.5 Å². The van der Waals surface area contributed by atoms with Crippen molar-refractivity contribution in [3.8, 4) is 11.5 Å². The van der Waals surface area contributed by atoms with Gasteiger partial charge < -0.3 is 14.3 Å². The number of rotatable bonds is 3. The lowest BCUT2D eigenvalue weighted by Crippen LogP contribution is -1.98. The topological polar surface area (TPSA) is 76.7 Å². The molecule has 0 aliphatic carbocycles. The first-order chi connectivity index (χ1) is 10.5. The lowest BCUT2D eigenvalue weighted by Gasteiger charge is -2.07. The molecule has 0 spiro atoms. The second kappa shape index (κ2) is 5.37. The van der Waals surface area contributed by atoms with Crippen molar-refractivity contribution in [3.63, 3.8) is 0 Å². The third-order valence-corrected chi connectivity index (χ3v) is 3.26. The van der Waals surface area contributed by atoms with Crippen LogP contribution in [0.15, 0.2) is 57.7 Å². The van der Waals surface area contributed by atoms with E-state index in [1.54, 1.807) is 24.3 Å². The van der Waals surface area contributed by atoms with Gasteiger partial charge in [-0.05, 0) is 48.9 Å². The van der Waals surface area contributed by atoms with E-state index in [9.17, 15) is 9.59 Å². The quantitative estimate of drug-likeness (QED) is 0.747. The predicted octanol–water partition coefficient (Wildman–Crippen LogP) is 3.59. The summed E-state index contributed by atoms with van der Waals surface area (Å²) in [6.07, 6.45) is 0. The zero-order valence-corrected chi connectivity index (χ0v) is 11.7. The average molecular weight is 296 g/mol. The largest absolute Gasteiger partial charge is 0.478 e. The standard InChI is InChI=1S/C17H12O5/c1-10-8-16(18)22-15-9-13(6-7-14(10)15)21-12-4-2-11(3-5-12)17(19)20/h2-9H,1H3,(H,19,20). The molecule has 0 radical (unpaired) electrons. The number of hydrogen-bond donors (Lipinski definition) is 1. The second-order valence-corrected chi connectivity index (χ2v) is 4.84. The highest BCUT2D eigenvalue weighted by atomic mass is 16.5. The molecule has 0 amide bonds. The highest BCUT2D eigenvalue weighted by Crippen LogP contribution is 2.26. The van der Waals surface area contributed by atoms with Crippen LogP contribution in [0.4, 0.5) is 0 Å². The minimum absolute atomic E-state index is 0.187. The van der Waals surface area contributed by atoms with Crippen LogP contribution in [-0.2, 0) is 0 Å². The molecular formula is C17H12O5. The predicted molar refractivity (Wildman–Crippen MR) is 80.7 cm³/mol. The summed E-state index contributed by atoms with van der Waals surface area (Å²) in [6, 6.07) is 12.7. The van der Waals surface area contributed by atoms with Crippen LogP contribution in [0.3, 0.4) is 0 Å². The Morgan fingerprint density at radius 2 is 1.73 bits per heavy atom. The maximum atomic E-state index is 11.4. The van der Waals surface area contributed by atoms with Crippen molar-refractivity contribution in [2.75, 3.05) is 0 Å². The molecule has 2 aromatic carbocycles. The van der Waals surface area contributed by atoms with Crippen molar-refractivity contribution < 1.29 is 19.1 Å². The van der Waals surface area contributed by atoms with Crippen molar-refractivity contribution in [1.82, 2.24) is 0 Å². The Hall–Kier alpha value is -3.08. The SMILES string of the molecule is Cc1cc(=O)oc2cc(Oc3ccc(C(=O)O)cc3)ccc12. The fraction of sp³-hybridized carbons (Fsp3) is 0.0588. The molecule has 0 aliphatic heterocycles. The molecule has 0 unspecified atom stereocenters. The van der Waals surface area contributed by atoms with E-state index in [1.165, 1.54) is 18.2 Å². The molecule has 110 valence electrons. The molecule has 3 aromatic rings. The van der Waals surface area contributed by atoms with E-state index >= 15 is 0 Å². The molecule has 5 heteroatoms. The van der Waals surface area contributed by atoms with Crippen LogP contribution in [0.1, 0.15) is 15.9 Å². The molecule has 5 nitrogen and oxygen atoms in total. The Morgan fingerprint density at radius 1 is 1.05 bits per heavy atom. The summed E-state index contributed by atoms with van der Waals surface area (Å²) in [7, 11) is 0. The third kappa shape index (κ3) is 2.69. The number of aryl methyl sites for hydroxylation is 1. The van der Waals surface area contributed by atoms with Gasteiger partial charge in [-0.3, -0.25) is 0 Å². The summed E-state index contributed by atoms with van der Waals surface area (Å²) in [5.74, 6) is 0.0122. The fourth-order valence-corrected chi connectivity index (χ4v) is 2.17. The normalized spacial score (nSPS) is 10.6. The van der Waals surface area contributed by atoms with Crippen molar-refractivity contribution in [2.45, 2.75) is 6.92 Å². The van der Waals surface area contributed by atoms with Crippen LogP contribution in [0.25, 0.3) is 11.0 Å². The highest BCUT2D eigenvalue weighted by Gasteiger charge is 2.06. The molecule has 0 fully saturated rings. The molecule has 0 atom stereocenters. The van der Waals surface area contributed by atoms with E-state index < -0.39 is 11.6 Å². The third-order valence-electron chi connectivity index (χ3n) is 3.26. The number of fused-ring (bicyclic) bond motifs is 1. The van der Waals surface area contributed by atoms with E-state index in [4.69, 9.17) is 14.3 Å². The zero-order valence-electron chi connectivity index (χ0n) is 11.7. The number of hydrogen-bond acceptors (Lipinski definition) is 4. The second-order valence-electron chi connectivity index (χ2n) is 4.84. The maximum Gasteiger partial charge on any atom is 0.336 e. The van der Waals surface area contributed by atoms with Crippen molar-refractivity contribution >= 4 is 16.9 Å². The van der Waals surface area contributed by atoms with E-state index in [2.05, 4.69) is 0 Å². The first kappa shape index (κ1) is 13.9. The Balaban J connectivity index is 1.93. The fourth-order valence-electron chi connectivity index (χ4n) is 2.17. The van der Waals surface area contributed by atoms with Gasteiger partial charge in [0, 0.05) is 17.5 Å². The summed E-state index contributed by atoms with van der Waals surface area (Å²) < 4.78 is 10.8. The molecule has 0 bridgehead atoms. The Kier molecular flexibility index (Phi) is 3.39. The highest BCUT2D eigenvalue weighted by molar-refractivity contribution is 5.87. The van der Waals surface area contributed by atoms with Crippen LogP contribution < -0.4 is 10.4 Å². The van der Waals surface area contributed by atoms with Gasteiger partial charge in [0.1, 0.15) is 17.1 Å². The van der Waals surface area contributed by atoms with Crippen molar-refractivity contribution in [1.29, 1.82) is 0 Å². The van der Waals surface area contributed by atoms with Gasteiger partial charge >= 0.3 is 11.6 Å². The molecule has 22 heavy (non-hydrogen) atoms. The Labute approximate surface area is 125 Å². The van der Waals surface area contributed by atoms with E-state index in [0.29, 0.717) is 17.1 Å². The van der Waals surface area contributed by atoms with E-state index in [-0.39, 0.29) is 5.56 Å². The zero-order chi connectivity index (χ0) is 15.7. The first-order valence-electron chi connectivity index (χ1n) is 6.59. The molecule has 0 saturated heterocycles.